The average molecular weight is 433 g/mol. The Labute approximate surface area is 171 Å². The molecule has 12 heteroatoms. The van der Waals surface area contributed by atoms with Crippen molar-refractivity contribution in [2.45, 2.75) is 61.4 Å². The number of anilines is 1. The molecule has 0 saturated carbocycles. The largest absolute Gasteiger partial charge is 0.491 e. The lowest BCUT2D eigenvalue weighted by Crippen LogP contribution is -2.64. The molecular formula is C18H27NO11. The van der Waals surface area contributed by atoms with Crippen LogP contribution in [-0.2, 0) is 14.2 Å². The number of hydrogen-bond acceptors (Lipinski definition) is 12. The van der Waals surface area contributed by atoms with Gasteiger partial charge in [-0.3, -0.25) is 0 Å². The summed E-state index contributed by atoms with van der Waals surface area (Å²) in [5.74, 6) is 0.423. The lowest BCUT2D eigenvalue weighted by molar-refractivity contribution is -0.354. The Morgan fingerprint density at radius 3 is 2.10 bits per heavy atom. The fourth-order valence-electron chi connectivity index (χ4n) is 3.30. The van der Waals surface area contributed by atoms with Crippen LogP contribution in [0.1, 0.15) is 0 Å². The highest BCUT2D eigenvalue weighted by Crippen LogP contribution is 2.29. The van der Waals surface area contributed by atoms with Gasteiger partial charge in [-0.15, -0.1) is 0 Å². The number of hydrogen-bond donors (Lipinski definition) is 8. The summed E-state index contributed by atoms with van der Waals surface area (Å²) in [5, 5.41) is 69.5. The summed E-state index contributed by atoms with van der Waals surface area (Å²) in [6.07, 6.45) is -15.4. The van der Waals surface area contributed by atoms with Gasteiger partial charge < -0.3 is 60.4 Å². The van der Waals surface area contributed by atoms with E-state index in [9.17, 15) is 35.7 Å². The van der Waals surface area contributed by atoms with E-state index in [2.05, 4.69) is 0 Å². The van der Waals surface area contributed by atoms with Gasteiger partial charge in [0, 0.05) is 5.69 Å². The number of aliphatic hydroxyl groups is 7. The van der Waals surface area contributed by atoms with Gasteiger partial charge in [-0.25, -0.2) is 0 Å². The van der Waals surface area contributed by atoms with Gasteiger partial charge >= 0.3 is 0 Å². The Bertz CT molecular complexity index is 675. The second-order valence-corrected chi connectivity index (χ2v) is 7.22. The molecule has 2 heterocycles. The van der Waals surface area contributed by atoms with Gasteiger partial charge in [0.2, 0.25) is 0 Å². The van der Waals surface area contributed by atoms with Crippen molar-refractivity contribution in [1.82, 2.24) is 0 Å². The zero-order valence-electron chi connectivity index (χ0n) is 15.8. The normalized spacial score (nSPS) is 42.1. The van der Waals surface area contributed by atoms with Gasteiger partial charge in [-0.05, 0) is 24.3 Å². The first-order valence-corrected chi connectivity index (χ1v) is 9.37. The van der Waals surface area contributed by atoms with E-state index in [0.29, 0.717) is 11.4 Å². The molecule has 0 radical (unpaired) electrons. The van der Waals surface area contributed by atoms with Crippen molar-refractivity contribution in [2.24, 2.45) is 0 Å². The molecule has 0 aliphatic carbocycles. The molecule has 0 spiro atoms. The summed E-state index contributed by atoms with van der Waals surface area (Å²) >= 11 is 0. The molecule has 0 bridgehead atoms. The standard InChI is InChI=1S/C18H27NO11/c19-7-1-3-8(4-2-7)27-6-10-11(21)12(22)15(25)18(29-10)30-16-9(5-20)28-17(26)14(24)13(16)23/h1-4,9-18,20-26H,5-6,19H2/t9-,10-,11+,12+,13-,14-,15-,16-,17+,18+/m1/s1. The molecule has 2 saturated heterocycles. The number of benzene rings is 1. The molecule has 0 aromatic heterocycles. The van der Waals surface area contributed by atoms with E-state index in [1.807, 2.05) is 0 Å². The lowest BCUT2D eigenvalue weighted by atomic mass is 9.97. The van der Waals surface area contributed by atoms with Crippen LogP contribution in [0.4, 0.5) is 5.69 Å². The van der Waals surface area contributed by atoms with E-state index in [1.165, 1.54) is 0 Å². The zero-order chi connectivity index (χ0) is 22.0. The van der Waals surface area contributed by atoms with E-state index < -0.39 is 68.0 Å². The van der Waals surface area contributed by atoms with Crippen LogP contribution in [0.5, 0.6) is 5.75 Å². The predicted molar refractivity (Wildman–Crippen MR) is 97.9 cm³/mol. The fraction of sp³-hybridized carbons (Fsp3) is 0.667. The van der Waals surface area contributed by atoms with Crippen LogP contribution in [0, 0.1) is 0 Å². The van der Waals surface area contributed by atoms with Crippen molar-refractivity contribution < 1.29 is 54.7 Å². The van der Waals surface area contributed by atoms with Gasteiger partial charge in [0.15, 0.2) is 12.6 Å². The molecule has 10 atom stereocenters. The van der Waals surface area contributed by atoms with Crippen molar-refractivity contribution in [3.8, 4) is 5.75 Å². The van der Waals surface area contributed by atoms with Gasteiger partial charge in [0.25, 0.3) is 0 Å². The minimum atomic E-state index is -1.75. The van der Waals surface area contributed by atoms with Crippen molar-refractivity contribution in [2.75, 3.05) is 18.9 Å². The third kappa shape index (κ3) is 4.84. The zero-order valence-corrected chi connectivity index (χ0v) is 15.8. The maximum Gasteiger partial charge on any atom is 0.187 e. The molecule has 9 N–H and O–H groups in total. The molecule has 170 valence electrons. The lowest BCUT2D eigenvalue weighted by Gasteiger charge is -2.45. The average Bonchev–Trinajstić information content (AvgIpc) is 2.74. The smallest absolute Gasteiger partial charge is 0.187 e. The van der Waals surface area contributed by atoms with Crippen LogP contribution >= 0.6 is 0 Å². The van der Waals surface area contributed by atoms with E-state index in [1.54, 1.807) is 24.3 Å². The second-order valence-electron chi connectivity index (χ2n) is 7.22. The van der Waals surface area contributed by atoms with Gasteiger partial charge in [0.05, 0.1) is 6.61 Å². The van der Waals surface area contributed by atoms with E-state index in [-0.39, 0.29) is 6.61 Å². The molecular weight excluding hydrogens is 406 g/mol. The summed E-state index contributed by atoms with van der Waals surface area (Å²) in [6, 6.07) is 6.41. The number of ether oxygens (including phenoxy) is 4. The Hall–Kier alpha value is -1.58. The highest BCUT2D eigenvalue weighted by atomic mass is 16.7. The summed E-state index contributed by atoms with van der Waals surface area (Å²) in [4.78, 5) is 0. The summed E-state index contributed by atoms with van der Waals surface area (Å²) in [5.41, 5.74) is 6.13. The summed E-state index contributed by atoms with van der Waals surface area (Å²) < 4.78 is 21.5. The summed E-state index contributed by atoms with van der Waals surface area (Å²) in [6.45, 7) is -0.896. The topological polar surface area (TPSA) is 205 Å². The minimum absolute atomic E-state index is 0.219. The third-order valence-corrected chi connectivity index (χ3v) is 5.09. The second kappa shape index (κ2) is 9.70. The van der Waals surface area contributed by atoms with Crippen LogP contribution in [0.3, 0.4) is 0 Å². The molecule has 1 aromatic carbocycles. The number of nitrogen functional groups attached to an aromatic ring is 1. The Kier molecular flexibility index (Phi) is 7.47. The van der Waals surface area contributed by atoms with E-state index in [4.69, 9.17) is 24.7 Å². The maximum absolute atomic E-state index is 10.2. The van der Waals surface area contributed by atoms with Gasteiger partial charge in [0.1, 0.15) is 61.2 Å². The number of nitrogens with two attached hydrogens (primary N) is 1. The maximum atomic E-state index is 10.2. The SMILES string of the molecule is Nc1ccc(OC[C@H]2O[C@@H](O[C@H]3[C@H](O)[C@@H](O)[C@@H](O)O[C@@H]3CO)[C@H](O)[C@@H](O)[C@H]2O)cc1. The van der Waals surface area contributed by atoms with E-state index in [0.717, 1.165) is 0 Å². The fourth-order valence-corrected chi connectivity index (χ4v) is 3.30. The van der Waals surface area contributed by atoms with E-state index >= 15 is 0 Å². The summed E-state index contributed by atoms with van der Waals surface area (Å²) in [7, 11) is 0. The van der Waals surface area contributed by atoms with Crippen LogP contribution in [0.2, 0.25) is 0 Å². The van der Waals surface area contributed by atoms with Crippen LogP contribution in [0.25, 0.3) is 0 Å². The quantitative estimate of drug-likeness (QED) is 0.204. The van der Waals surface area contributed by atoms with Crippen LogP contribution < -0.4 is 10.5 Å². The highest BCUT2D eigenvalue weighted by molar-refractivity contribution is 5.41. The molecule has 1 aromatic rings. The highest BCUT2D eigenvalue weighted by Gasteiger charge is 2.50. The molecule has 0 amide bonds. The number of rotatable bonds is 6. The molecule has 12 nitrogen and oxygen atoms in total. The van der Waals surface area contributed by atoms with Crippen molar-refractivity contribution in [3.05, 3.63) is 24.3 Å². The molecule has 30 heavy (non-hydrogen) atoms. The van der Waals surface area contributed by atoms with Crippen molar-refractivity contribution >= 4 is 5.69 Å². The van der Waals surface area contributed by atoms with Crippen LogP contribution in [-0.4, -0.2) is 110 Å². The Balaban J connectivity index is 1.68. The molecule has 3 rings (SSSR count). The predicted octanol–water partition coefficient (Wildman–Crippen LogP) is -3.73. The van der Waals surface area contributed by atoms with Gasteiger partial charge in [-0.2, -0.15) is 0 Å². The Morgan fingerprint density at radius 1 is 0.800 bits per heavy atom. The third-order valence-electron chi connectivity index (χ3n) is 5.09. The molecule has 0 unspecified atom stereocenters. The molecule has 2 aliphatic rings. The molecule has 2 aliphatic heterocycles. The van der Waals surface area contributed by atoms with Crippen LogP contribution in [0.15, 0.2) is 24.3 Å². The Morgan fingerprint density at radius 2 is 1.47 bits per heavy atom. The monoisotopic (exact) mass is 433 g/mol. The first kappa shape index (κ1) is 23.1. The van der Waals surface area contributed by atoms with Gasteiger partial charge in [-0.1, -0.05) is 0 Å². The first-order valence-electron chi connectivity index (χ1n) is 9.37. The number of aliphatic hydroxyl groups excluding tert-OH is 7. The molecule has 2 fully saturated rings. The first-order chi connectivity index (χ1) is 14.2. The van der Waals surface area contributed by atoms with Crippen molar-refractivity contribution in [1.29, 1.82) is 0 Å². The van der Waals surface area contributed by atoms with Crippen molar-refractivity contribution in [3.63, 3.8) is 0 Å². The minimum Gasteiger partial charge on any atom is -0.491 e.